The molecule has 0 fully saturated rings. The fourth-order valence-electron chi connectivity index (χ4n) is 0.581. The van der Waals surface area contributed by atoms with Gasteiger partial charge in [-0.1, -0.05) is 0 Å². The maximum atomic E-state index is 2.99. The smallest absolute Gasteiger partial charge is 0 e. The Morgan fingerprint density at radius 3 is 1.78 bits per heavy atom. The van der Waals surface area contributed by atoms with Crippen LogP contribution in [0.5, 0.6) is 0 Å². The molecule has 1 aliphatic rings. The van der Waals surface area contributed by atoms with Crippen LogP contribution in [-0.4, -0.2) is 4.98 Å². The van der Waals surface area contributed by atoms with Gasteiger partial charge in [0.15, 0.2) is 0 Å². The molecule has 0 radical (unpaired) electrons. The normalized spacial score (nSPS) is 8.11. The quantitative estimate of drug-likeness (QED) is 0.498. The van der Waals surface area contributed by atoms with Crippen LogP contribution < -0.4 is 0 Å². The summed E-state index contributed by atoms with van der Waals surface area (Å²) in [5, 5.41) is 0. The fraction of sp³-hybridized carbons (Fsp3) is 0.188. The van der Waals surface area contributed by atoms with E-state index in [1.54, 1.807) is 0 Å². The average molecular weight is 335 g/mol. The van der Waals surface area contributed by atoms with E-state index < -0.39 is 0 Å². The van der Waals surface area contributed by atoms with Crippen molar-refractivity contribution in [3.8, 4) is 0 Å². The molecule has 0 unspecified atom stereocenters. The molecule has 0 bridgehead atoms. The van der Waals surface area contributed by atoms with Crippen molar-refractivity contribution < 1.29 is 19.5 Å². The first-order valence-corrected chi connectivity index (χ1v) is 4.37. The molecule has 1 N–H and O–H groups in total. The first-order chi connectivity index (χ1) is 6.41. The topological polar surface area (TPSA) is 15.8 Å². The molecule has 1 heterocycles. The zero-order chi connectivity index (χ0) is 9.78. The van der Waals surface area contributed by atoms with Crippen LogP contribution in [0.3, 0.4) is 0 Å². The number of aromatic nitrogens is 1. The van der Waals surface area contributed by atoms with Crippen molar-refractivity contribution in [2.45, 2.75) is 20.3 Å². The summed E-state index contributed by atoms with van der Waals surface area (Å²) in [5.74, 6) is 0. The van der Waals surface area contributed by atoms with Crippen LogP contribution in [0.4, 0.5) is 0 Å². The van der Waals surface area contributed by atoms with Crippen molar-refractivity contribution in [1.82, 2.24) is 4.98 Å². The maximum absolute atomic E-state index is 2.99. The fourth-order valence-corrected chi connectivity index (χ4v) is 0.581. The Labute approximate surface area is 130 Å². The summed E-state index contributed by atoms with van der Waals surface area (Å²) in [4.78, 5) is 2.74. The van der Waals surface area contributed by atoms with Gasteiger partial charge in [-0.2, -0.15) is 38.3 Å². The minimum Gasteiger partial charge on any atom is -0.484 e. The van der Waals surface area contributed by atoms with Crippen LogP contribution in [0.25, 0.3) is 0 Å². The monoisotopic (exact) mass is 336 g/mol. The van der Waals surface area contributed by atoms with Crippen molar-refractivity contribution in [1.29, 1.82) is 0 Å². The van der Waals surface area contributed by atoms with Crippen molar-refractivity contribution >= 4 is 0 Å². The second-order valence-electron chi connectivity index (χ2n) is 2.39. The molecular formula is C16H28NRu-7. The number of aromatic amines is 1. The predicted octanol–water partition coefficient (Wildman–Crippen LogP) is 5.15. The summed E-state index contributed by atoms with van der Waals surface area (Å²) in [5.41, 5.74) is 0. The SMILES string of the molecule is C[CH-]C.[C-]1=CC=CC1.[CH3-].[CH3-].[CH3-].[CH3-].[Ru].[c-]1ccc[nH]1. The molecule has 1 nitrogen and oxygen atoms in total. The Morgan fingerprint density at radius 1 is 1.11 bits per heavy atom. The van der Waals surface area contributed by atoms with Gasteiger partial charge in [0.05, 0.1) is 0 Å². The van der Waals surface area contributed by atoms with Crippen molar-refractivity contribution in [3.63, 3.8) is 0 Å². The summed E-state index contributed by atoms with van der Waals surface area (Å²) in [7, 11) is 0. The van der Waals surface area contributed by atoms with Crippen molar-refractivity contribution in [2.24, 2.45) is 0 Å². The number of hydrogen-bond donors (Lipinski definition) is 1. The summed E-state index contributed by atoms with van der Waals surface area (Å²) < 4.78 is 0. The van der Waals surface area contributed by atoms with E-state index in [1.165, 1.54) is 0 Å². The zero-order valence-corrected chi connectivity index (χ0v) is 14.3. The van der Waals surface area contributed by atoms with E-state index in [0.717, 1.165) is 6.42 Å². The third kappa shape index (κ3) is 36.1. The average Bonchev–Trinajstić information content (AvgIpc) is 2.85. The Hall–Kier alpha value is -0.617. The van der Waals surface area contributed by atoms with E-state index in [1.807, 2.05) is 50.7 Å². The predicted molar refractivity (Wildman–Crippen MR) is 82.5 cm³/mol. The number of nitrogens with one attached hydrogen (secondary N) is 1. The minimum atomic E-state index is 0. The van der Waals surface area contributed by atoms with E-state index in [-0.39, 0.29) is 49.2 Å². The van der Waals surface area contributed by atoms with E-state index in [4.69, 9.17) is 0 Å². The van der Waals surface area contributed by atoms with Crippen LogP contribution >= 0.6 is 0 Å². The summed E-state index contributed by atoms with van der Waals surface area (Å²) in [6.07, 6.45) is 16.6. The molecule has 1 aromatic heterocycles. The van der Waals surface area contributed by atoms with Gasteiger partial charge in [-0.15, -0.1) is 12.6 Å². The maximum Gasteiger partial charge on any atom is 0 e. The Balaban J connectivity index is -0.0000000271. The van der Waals surface area contributed by atoms with Crippen LogP contribution in [0.1, 0.15) is 20.3 Å². The van der Waals surface area contributed by atoms with E-state index in [9.17, 15) is 0 Å². The van der Waals surface area contributed by atoms with Crippen LogP contribution in [0.15, 0.2) is 36.6 Å². The van der Waals surface area contributed by atoms with Gasteiger partial charge in [0.25, 0.3) is 0 Å². The van der Waals surface area contributed by atoms with Gasteiger partial charge in [0.2, 0.25) is 0 Å². The molecule has 1 aromatic rings. The number of H-pyrrole nitrogens is 1. The van der Waals surface area contributed by atoms with Crippen molar-refractivity contribution in [2.75, 3.05) is 0 Å². The largest absolute Gasteiger partial charge is 0.484 e. The Morgan fingerprint density at radius 2 is 1.67 bits per heavy atom. The summed E-state index contributed by atoms with van der Waals surface area (Å²) >= 11 is 0. The molecule has 2 rings (SSSR count). The third-order valence-corrected chi connectivity index (χ3v) is 1.03. The first kappa shape index (κ1) is 36.0. The molecular weight excluding hydrogens is 307 g/mol. The van der Waals surface area contributed by atoms with Crippen molar-refractivity contribution in [3.05, 3.63) is 85.0 Å². The van der Waals surface area contributed by atoms with Gasteiger partial charge >= 0.3 is 0 Å². The number of rotatable bonds is 0. The van der Waals surface area contributed by atoms with Gasteiger partial charge in [-0.3, -0.25) is 6.08 Å². The molecule has 0 amide bonds. The number of allylic oxidation sites excluding steroid dienone is 4. The van der Waals surface area contributed by atoms with Gasteiger partial charge in [-0.05, 0) is 0 Å². The first-order valence-electron chi connectivity index (χ1n) is 4.37. The second kappa shape index (κ2) is 36.0. The molecule has 0 aromatic carbocycles. The van der Waals surface area contributed by atoms with Crippen LogP contribution in [0, 0.1) is 48.4 Å². The van der Waals surface area contributed by atoms with Gasteiger partial charge in [0.1, 0.15) is 0 Å². The minimum absolute atomic E-state index is 0. The summed E-state index contributed by atoms with van der Waals surface area (Å²) in [6, 6.07) is 3.71. The molecule has 0 saturated heterocycles. The molecule has 1 aliphatic carbocycles. The summed E-state index contributed by atoms with van der Waals surface area (Å²) in [6.45, 7) is 4.00. The molecule has 2 heteroatoms. The molecule has 112 valence electrons. The third-order valence-electron chi connectivity index (χ3n) is 1.03. The van der Waals surface area contributed by atoms with Crippen LogP contribution in [0.2, 0.25) is 0 Å². The van der Waals surface area contributed by atoms with E-state index in [2.05, 4.69) is 23.3 Å². The Kier molecular flexibility index (Phi) is 71.9. The molecule has 0 atom stereocenters. The molecule has 0 aliphatic heterocycles. The molecule has 0 spiro atoms. The van der Waals surface area contributed by atoms with E-state index >= 15 is 0 Å². The molecule has 0 saturated carbocycles. The standard InChI is InChI=1S/C5H5.C4H4N.C3H7.4CH3.Ru/c2*1-2-4-5-3-1;1-3-2;;;;;/h1-3H,4H2;1-3,5H;3H,1-2H3;4*1H3;/q7*-1;. The van der Waals surface area contributed by atoms with Gasteiger partial charge in [-0.25, -0.2) is 12.2 Å². The van der Waals surface area contributed by atoms with E-state index in [0.29, 0.717) is 0 Å². The van der Waals surface area contributed by atoms with Gasteiger partial charge < -0.3 is 41.1 Å². The Bertz CT molecular complexity index is 186. The zero-order valence-electron chi connectivity index (χ0n) is 12.6. The second-order valence-corrected chi connectivity index (χ2v) is 2.39. The molecule has 18 heavy (non-hydrogen) atoms. The van der Waals surface area contributed by atoms with Crippen LogP contribution in [-0.2, 0) is 19.5 Å². The van der Waals surface area contributed by atoms with Gasteiger partial charge in [0, 0.05) is 19.5 Å². The number of hydrogen-bond acceptors (Lipinski definition) is 0.